The summed E-state index contributed by atoms with van der Waals surface area (Å²) in [5.74, 6) is 0.999. The van der Waals surface area contributed by atoms with Crippen molar-refractivity contribution in [2.45, 2.75) is 5.41 Å². The second-order valence-corrected chi connectivity index (χ2v) is 12.8. The summed E-state index contributed by atoms with van der Waals surface area (Å²) in [5.41, 5.74) is 13.8. The number of furan rings is 2. The van der Waals surface area contributed by atoms with E-state index in [1.165, 1.54) is 38.9 Å². The zero-order valence-corrected chi connectivity index (χ0v) is 25.9. The number of nitrogens with zero attached hydrogens (tertiary/aromatic N) is 1. The highest BCUT2D eigenvalue weighted by atomic mass is 16.3. The van der Waals surface area contributed by atoms with Gasteiger partial charge in [0, 0.05) is 33.1 Å². The first-order chi connectivity index (χ1) is 23.8. The summed E-state index contributed by atoms with van der Waals surface area (Å²) < 4.78 is 13.6. The predicted molar refractivity (Wildman–Crippen MR) is 194 cm³/mol. The van der Waals surface area contributed by atoms with Gasteiger partial charge in [-0.3, -0.25) is 0 Å². The third kappa shape index (κ3) is 3.18. The molecule has 0 unspecified atom stereocenters. The monoisotopic (exact) mass is 613 g/mol. The van der Waals surface area contributed by atoms with E-state index in [4.69, 9.17) is 8.83 Å². The second kappa shape index (κ2) is 9.37. The van der Waals surface area contributed by atoms with Gasteiger partial charge in [-0.1, -0.05) is 121 Å². The van der Waals surface area contributed by atoms with Crippen molar-refractivity contribution < 1.29 is 8.83 Å². The maximum Gasteiger partial charge on any atom is 0.159 e. The Morgan fingerprint density at radius 2 is 1.04 bits per heavy atom. The lowest BCUT2D eigenvalue weighted by Gasteiger charge is -2.30. The van der Waals surface area contributed by atoms with E-state index >= 15 is 0 Å². The lowest BCUT2D eigenvalue weighted by molar-refractivity contribution is 0.507. The van der Waals surface area contributed by atoms with Gasteiger partial charge >= 0.3 is 0 Å². The van der Waals surface area contributed by atoms with Gasteiger partial charge in [0.15, 0.2) is 5.58 Å². The van der Waals surface area contributed by atoms with Crippen LogP contribution in [0.3, 0.4) is 0 Å². The van der Waals surface area contributed by atoms with Crippen LogP contribution in [0.2, 0.25) is 0 Å². The summed E-state index contributed by atoms with van der Waals surface area (Å²) in [5, 5.41) is 3.36. The van der Waals surface area contributed by atoms with Gasteiger partial charge < -0.3 is 13.7 Å². The highest BCUT2D eigenvalue weighted by Gasteiger charge is 2.55. The summed E-state index contributed by atoms with van der Waals surface area (Å²) in [6.45, 7) is 0. The molecular weight excluding hydrogens is 587 g/mol. The fourth-order valence-corrected chi connectivity index (χ4v) is 8.58. The first-order valence-electron chi connectivity index (χ1n) is 16.4. The van der Waals surface area contributed by atoms with Crippen molar-refractivity contribution in [1.29, 1.82) is 0 Å². The number of fused-ring (bicyclic) bond motifs is 15. The first kappa shape index (κ1) is 25.8. The van der Waals surface area contributed by atoms with Crippen molar-refractivity contribution in [3.63, 3.8) is 0 Å². The van der Waals surface area contributed by atoms with Crippen LogP contribution < -0.4 is 4.90 Å². The number of hydrogen-bond donors (Lipinski definition) is 0. The van der Waals surface area contributed by atoms with E-state index in [0.29, 0.717) is 0 Å². The number of rotatable bonds is 3. The Labute approximate surface area is 276 Å². The van der Waals surface area contributed by atoms with Crippen molar-refractivity contribution in [3.8, 4) is 22.3 Å². The molecule has 1 spiro atoms. The van der Waals surface area contributed by atoms with E-state index in [-0.39, 0.29) is 0 Å². The Kier molecular flexibility index (Phi) is 5.04. The maximum absolute atomic E-state index is 6.98. The molecule has 224 valence electrons. The highest BCUT2D eigenvalue weighted by Crippen LogP contribution is 2.65. The lowest BCUT2D eigenvalue weighted by atomic mass is 9.73. The molecule has 2 aromatic heterocycles. The maximum atomic E-state index is 6.98. The Balaban J connectivity index is 1.24. The molecule has 2 heterocycles. The van der Waals surface area contributed by atoms with Gasteiger partial charge in [-0.25, -0.2) is 0 Å². The fourth-order valence-electron chi connectivity index (χ4n) is 8.58. The SMILES string of the molecule is c1ccc(N(c2ccc3c(c2)C2(c4ccccc4-c4ccccc42)c2oc4ccccc4c2-3)c2cccc3c2oc2ccccc23)cc1. The molecule has 7 aromatic carbocycles. The van der Waals surface area contributed by atoms with Crippen LogP contribution in [0.25, 0.3) is 55.2 Å². The van der Waals surface area contributed by atoms with Crippen molar-refractivity contribution in [2.75, 3.05) is 4.90 Å². The summed E-state index contributed by atoms with van der Waals surface area (Å²) >= 11 is 0. The Morgan fingerprint density at radius 3 is 1.81 bits per heavy atom. The largest absolute Gasteiger partial charge is 0.459 e. The van der Waals surface area contributed by atoms with E-state index in [9.17, 15) is 0 Å². The van der Waals surface area contributed by atoms with E-state index in [0.717, 1.165) is 55.7 Å². The summed E-state index contributed by atoms with van der Waals surface area (Å²) in [6.07, 6.45) is 0. The molecule has 0 N–H and O–H groups in total. The second-order valence-electron chi connectivity index (χ2n) is 12.8. The minimum Gasteiger partial charge on any atom is -0.459 e. The van der Waals surface area contributed by atoms with Crippen LogP contribution in [0.15, 0.2) is 173 Å². The molecule has 0 aliphatic heterocycles. The van der Waals surface area contributed by atoms with Gasteiger partial charge in [0.2, 0.25) is 0 Å². The van der Waals surface area contributed by atoms with Crippen molar-refractivity contribution in [1.82, 2.24) is 0 Å². The molecule has 0 radical (unpaired) electrons. The standard InChI is InChI=1S/C45H27NO2/c1-2-13-28(14-3-1)46(39-22-12-19-33-32-17-6-10-23-40(32)47-43(33)39)29-25-26-34-38(27-29)45(44-42(34)35-18-7-11-24-41(35)48-44)36-20-8-4-15-30(36)31-16-5-9-21-37(31)45/h1-27H. The third-order valence-electron chi connectivity index (χ3n) is 10.5. The summed E-state index contributed by atoms with van der Waals surface area (Å²) in [7, 11) is 0. The normalized spacial score (nSPS) is 13.6. The Morgan fingerprint density at radius 1 is 0.417 bits per heavy atom. The summed E-state index contributed by atoms with van der Waals surface area (Å²) in [4.78, 5) is 2.34. The molecule has 3 nitrogen and oxygen atoms in total. The zero-order chi connectivity index (χ0) is 31.4. The van der Waals surface area contributed by atoms with Crippen LogP contribution >= 0.6 is 0 Å². The van der Waals surface area contributed by atoms with Crippen LogP contribution in [-0.2, 0) is 5.41 Å². The Bertz CT molecular complexity index is 2700. The molecule has 48 heavy (non-hydrogen) atoms. The molecule has 0 amide bonds. The number of benzene rings is 7. The summed E-state index contributed by atoms with van der Waals surface area (Å²) in [6, 6.07) is 58.5. The molecule has 0 saturated heterocycles. The first-order valence-corrected chi connectivity index (χ1v) is 16.4. The predicted octanol–water partition coefficient (Wildman–Crippen LogP) is 12.1. The molecule has 11 rings (SSSR count). The van der Waals surface area contributed by atoms with Crippen molar-refractivity contribution in [2.24, 2.45) is 0 Å². The molecule has 2 aliphatic rings. The smallest absolute Gasteiger partial charge is 0.159 e. The lowest BCUT2D eigenvalue weighted by Crippen LogP contribution is -2.26. The molecule has 0 bridgehead atoms. The molecule has 3 heteroatoms. The molecule has 0 fully saturated rings. The van der Waals surface area contributed by atoms with E-state index in [1.54, 1.807) is 0 Å². The van der Waals surface area contributed by atoms with Crippen LogP contribution in [0.4, 0.5) is 17.1 Å². The molecule has 2 aliphatic carbocycles. The fraction of sp³-hybridized carbons (Fsp3) is 0.0222. The topological polar surface area (TPSA) is 29.5 Å². The molecule has 0 atom stereocenters. The van der Waals surface area contributed by atoms with Crippen LogP contribution in [0, 0.1) is 0 Å². The average Bonchev–Trinajstić information content (AvgIpc) is 3.87. The third-order valence-corrected chi connectivity index (χ3v) is 10.5. The van der Waals surface area contributed by atoms with Gasteiger partial charge in [-0.2, -0.15) is 0 Å². The van der Waals surface area contributed by atoms with Crippen LogP contribution in [0.5, 0.6) is 0 Å². The van der Waals surface area contributed by atoms with Gasteiger partial charge in [0.25, 0.3) is 0 Å². The van der Waals surface area contributed by atoms with Gasteiger partial charge in [0.1, 0.15) is 22.3 Å². The zero-order valence-electron chi connectivity index (χ0n) is 25.9. The van der Waals surface area contributed by atoms with Crippen LogP contribution in [0.1, 0.15) is 22.5 Å². The van der Waals surface area contributed by atoms with Crippen LogP contribution in [-0.4, -0.2) is 0 Å². The number of anilines is 3. The highest BCUT2D eigenvalue weighted by molar-refractivity contribution is 6.11. The Hall–Kier alpha value is -6.32. The van der Waals surface area contributed by atoms with Crippen molar-refractivity contribution >= 4 is 50.0 Å². The van der Waals surface area contributed by atoms with E-state index in [2.05, 4.69) is 157 Å². The van der Waals surface area contributed by atoms with E-state index in [1.807, 2.05) is 12.1 Å². The van der Waals surface area contributed by atoms with E-state index < -0.39 is 5.41 Å². The van der Waals surface area contributed by atoms with Crippen molar-refractivity contribution in [3.05, 3.63) is 186 Å². The minimum absolute atomic E-state index is 0.597. The molecular formula is C45H27NO2. The van der Waals surface area contributed by atoms with Gasteiger partial charge in [-0.15, -0.1) is 0 Å². The molecule has 0 saturated carbocycles. The number of hydrogen-bond acceptors (Lipinski definition) is 3. The van der Waals surface area contributed by atoms with Gasteiger partial charge in [0.05, 0.1) is 5.69 Å². The minimum atomic E-state index is -0.597. The number of para-hydroxylation sites is 4. The molecule has 9 aromatic rings. The average molecular weight is 614 g/mol. The van der Waals surface area contributed by atoms with Gasteiger partial charge in [-0.05, 0) is 75.8 Å². The quantitative estimate of drug-likeness (QED) is 0.199.